The lowest BCUT2D eigenvalue weighted by atomic mass is 9.97. The molecule has 3 rings (SSSR count). The smallest absolute Gasteiger partial charge is 0.254 e. The summed E-state index contributed by atoms with van der Waals surface area (Å²) in [5.41, 5.74) is 2.16. The van der Waals surface area contributed by atoms with Crippen molar-refractivity contribution in [2.45, 2.75) is 38.5 Å². The molecule has 0 atom stereocenters. The summed E-state index contributed by atoms with van der Waals surface area (Å²) in [6.45, 7) is 4.10. The molecule has 1 saturated heterocycles. The minimum atomic E-state index is 0.0458. The molecule has 0 unspecified atom stereocenters. The average molecular weight is 370 g/mol. The van der Waals surface area contributed by atoms with Crippen LogP contribution in [0, 0.1) is 0 Å². The van der Waals surface area contributed by atoms with Crippen LogP contribution in [-0.4, -0.2) is 65.9 Å². The monoisotopic (exact) mass is 370 g/mol. The fourth-order valence-electron chi connectivity index (χ4n) is 3.76. The van der Waals surface area contributed by atoms with Gasteiger partial charge in [0.25, 0.3) is 5.91 Å². The molecule has 0 aromatic carbocycles. The van der Waals surface area contributed by atoms with E-state index in [1.165, 1.54) is 31.3 Å². The van der Waals surface area contributed by atoms with Crippen LogP contribution < -0.4 is 5.32 Å². The van der Waals surface area contributed by atoms with E-state index in [0.717, 1.165) is 39.0 Å². The Morgan fingerprint density at radius 1 is 1.04 bits per heavy atom. The van der Waals surface area contributed by atoms with Crippen LogP contribution >= 0.6 is 0 Å². The van der Waals surface area contributed by atoms with Gasteiger partial charge in [-0.3, -0.25) is 19.5 Å². The molecule has 2 aliphatic rings. The summed E-state index contributed by atoms with van der Waals surface area (Å²) in [6, 6.07) is 3.50. The van der Waals surface area contributed by atoms with Gasteiger partial charge in [-0.25, -0.2) is 0 Å². The number of aromatic nitrogens is 1. The minimum absolute atomic E-state index is 0.0458. The fourth-order valence-corrected chi connectivity index (χ4v) is 3.76. The molecule has 0 bridgehead atoms. The third-order valence-corrected chi connectivity index (χ3v) is 5.32. The fraction of sp³-hybridized carbons (Fsp3) is 0.571. The van der Waals surface area contributed by atoms with Crippen molar-refractivity contribution in [3.8, 4) is 0 Å². The zero-order valence-corrected chi connectivity index (χ0v) is 16.0. The lowest BCUT2D eigenvalue weighted by molar-refractivity contribution is -0.122. The predicted molar refractivity (Wildman–Crippen MR) is 105 cm³/mol. The standard InChI is InChI=1S/C21H30N4O2/c26-20(23-12-7-18-5-2-1-3-6-18)17-24-13-4-14-25(16-15-24)21(27)19-8-10-22-11-9-19/h5,8-11H,1-4,6-7,12-17H2,(H,23,26). The van der Waals surface area contributed by atoms with Gasteiger partial charge in [0.15, 0.2) is 0 Å². The SMILES string of the molecule is O=C(CN1CCCN(C(=O)c2ccncc2)CC1)NCCC1=CCCCC1. The normalized spacial score (nSPS) is 18.5. The van der Waals surface area contributed by atoms with Crippen LogP contribution in [0.3, 0.4) is 0 Å². The van der Waals surface area contributed by atoms with Gasteiger partial charge in [-0.15, -0.1) is 0 Å². The van der Waals surface area contributed by atoms with E-state index < -0.39 is 0 Å². The topological polar surface area (TPSA) is 65.5 Å². The number of allylic oxidation sites excluding steroid dienone is 1. The van der Waals surface area contributed by atoms with Crippen LogP contribution in [0.2, 0.25) is 0 Å². The van der Waals surface area contributed by atoms with Gasteiger partial charge in [0.1, 0.15) is 0 Å². The Labute approximate surface area is 161 Å². The van der Waals surface area contributed by atoms with E-state index in [9.17, 15) is 9.59 Å². The minimum Gasteiger partial charge on any atom is -0.355 e. The number of nitrogens with zero attached hydrogens (tertiary/aromatic N) is 3. The van der Waals surface area contributed by atoms with Crippen LogP contribution in [0.1, 0.15) is 48.9 Å². The Morgan fingerprint density at radius 2 is 1.89 bits per heavy atom. The maximum Gasteiger partial charge on any atom is 0.254 e. The summed E-state index contributed by atoms with van der Waals surface area (Å²) in [5.74, 6) is 0.129. The molecule has 6 nitrogen and oxygen atoms in total. The second-order valence-electron chi connectivity index (χ2n) is 7.37. The third-order valence-electron chi connectivity index (χ3n) is 5.32. The summed E-state index contributed by atoms with van der Waals surface area (Å²) >= 11 is 0. The highest BCUT2D eigenvalue weighted by Gasteiger charge is 2.21. The van der Waals surface area contributed by atoms with Crippen LogP contribution in [0.25, 0.3) is 0 Å². The second kappa shape index (κ2) is 10.2. The second-order valence-corrected chi connectivity index (χ2v) is 7.37. The van der Waals surface area contributed by atoms with Gasteiger partial charge in [-0.2, -0.15) is 0 Å². The van der Waals surface area contributed by atoms with Crippen molar-refractivity contribution in [1.82, 2.24) is 20.1 Å². The number of carbonyl (C=O) groups is 2. The lowest BCUT2D eigenvalue weighted by Crippen LogP contribution is -2.40. The van der Waals surface area contributed by atoms with Gasteiger partial charge < -0.3 is 10.2 Å². The van der Waals surface area contributed by atoms with Gasteiger partial charge in [0.05, 0.1) is 6.54 Å². The Kier molecular flexibility index (Phi) is 7.39. The van der Waals surface area contributed by atoms with Crippen molar-refractivity contribution in [2.75, 3.05) is 39.3 Å². The Bertz CT molecular complexity index is 659. The van der Waals surface area contributed by atoms with Crippen molar-refractivity contribution < 1.29 is 9.59 Å². The highest BCUT2D eigenvalue weighted by atomic mass is 16.2. The molecule has 0 spiro atoms. The summed E-state index contributed by atoms with van der Waals surface area (Å²) < 4.78 is 0. The number of hydrogen-bond acceptors (Lipinski definition) is 4. The van der Waals surface area contributed by atoms with E-state index >= 15 is 0 Å². The van der Waals surface area contributed by atoms with Crippen molar-refractivity contribution in [3.05, 3.63) is 41.7 Å². The molecule has 1 aromatic rings. The first-order valence-electron chi connectivity index (χ1n) is 10.1. The number of rotatable bonds is 6. The highest BCUT2D eigenvalue weighted by Crippen LogP contribution is 2.19. The summed E-state index contributed by atoms with van der Waals surface area (Å²) in [4.78, 5) is 32.8. The molecule has 1 fully saturated rings. The molecule has 1 N–H and O–H groups in total. The van der Waals surface area contributed by atoms with Crippen molar-refractivity contribution in [2.24, 2.45) is 0 Å². The Morgan fingerprint density at radius 3 is 2.67 bits per heavy atom. The molecule has 2 heterocycles. The zero-order valence-electron chi connectivity index (χ0n) is 16.0. The quantitative estimate of drug-likeness (QED) is 0.780. The van der Waals surface area contributed by atoms with Crippen molar-refractivity contribution in [1.29, 1.82) is 0 Å². The largest absolute Gasteiger partial charge is 0.355 e. The van der Waals surface area contributed by atoms with E-state index in [2.05, 4.69) is 21.3 Å². The van der Waals surface area contributed by atoms with Crippen LogP contribution in [0.4, 0.5) is 0 Å². The van der Waals surface area contributed by atoms with Crippen LogP contribution in [0.15, 0.2) is 36.2 Å². The van der Waals surface area contributed by atoms with E-state index in [-0.39, 0.29) is 11.8 Å². The van der Waals surface area contributed by atoms with E-state index in [1.807, 2.05) is 4.90 Å². The first kappa shape index (κ1) is 19.5. The summed E-state index contributed by atoms with van der Waals surface area (Å²) in [7, 11) is 0. The van der Waals surface area contributed by atoms with Gasteiger partial charge in [-0.05, 0) is 50.7 Å². The number of pyridine rings is 1. The molecule has 27 heavy (non-hydrogen) atoms. The van der Waals surface area contributed by atoms with Gasteiger partial charge in [0.2, 0.25) is 5.91 Å². The zero-order chi connectivity index (χ0) is 18.9. The van der Waals surface area contributed by atoms with Crippen LogP contribution in [0.5, 0.6) is 0 Å². The number of nitrogens with one attached hydrogen (secondary N) is 1. The molecular formula is C21H30N4O2. The van der Waals surface area contributed by atoms with E-state index in [1.54, 1.807) is 24.5 Å². The van der Waals surface area contributed by atoms with Crippen molar-refractivity contribution >= 4 is 11.8 Å². The Balaban J connectivity index is 1.39. The predicted octanol–water partition coefficient (Wildman–Crippen LogP) is 2.24. The molecular weight excluding hydrogens is 340 g/mol. The first-order chi connectivity index (χ1) is 13.2. The molecule has 0 radical (unpaired) electrons. The van der Waals surface area contributed by atoms with Gasteiger partial charge in [-0.1, -0.05) is 11.6 Å². The van der Waals surface area contributed by atoms with Gasteiger partial charge >= 0.3 is 0 Å². The number of hydrogen-bond donors (Lipinski definition) is 1. The molecule has 6 heteroatoms. The summed E-state index contributed by atoms with van der Waals surface area (Å²) in [6.07, 6.45) is 12.4. The van der Waals surface area contributed by atoms with Gasteiger partial charge in [0, 0.05) is 50.7 Å². The van der Waals surface area contributed by atoms with E-state index in [0.29, 0.717) is 18.7 Å². The number of amides is 2. The molecule has 1 aliphatic heterocycles. The molecule has 1 aromatic heterocycles. The van der Waals surface area contributed by atoms with E-state index in [4.69, 9.17) is 0 Å². The van der Waals surface area contributed by atoms with Crippen molar-refractivity contribution in [3.63, 3.8) is 0 Å². The molecule has 2 amide bonds. The first-order valence-corrected chi connectivity index (χ1v) is 10.1. The number of carbonyl (C=O) groups excluding carboxylic acids is 2. The summed E-state index contributed by atoms with van der Waals surface area (Å²) in [5, 5.41) is 3.05. The van der Waals surface area contributed by atoms with Crippen LogP contribution in [-0.2, 0) is 4.79 Å². The maximum absolute atomic E-state index is 12.6. The molecule has 146 valence electrons. The maximum atomic E-state index is 12.6. The third kappa shape index (κ3) is 6.17. The molecule has 0 saturated carbocycles. The highest BCUT2D eigenvalue weighted by molar-refractivity contribution is 5.94. The average Bonchev–Trinajstić information content (AvgIpc) is 2.94. The molecule has 1 aliphatic carbocycles. The Hall–Kier alpha value is -2.21. The lowest BCUT2D eigenvalue weighted by Gasteiger charge is -2.22.